The molecular weight excluding hydrogens is 244 g/mol. The normalized spacial score (nSPS) is 16.5. The van der Waals surface area contributed by atoms with Crippen molar-refractivity contribution in [1.29, 1.82) is 0 Å². The number of fused-ring (bicyclic) bond motifs is 1. The summed E-state index contributed by atoms with van der Waals surface area (Å²) in [6.45, 7) is 2.32. The van der Waals surface area contributed by atoms with Gasteiger partial charge in [-0.1, -0.05) is 12.1 Å². The van der Waals surface area contributed by atoms with Crippen LogP contribution in [-0.2, 0) is 11.3 Å². The summed E-state index contributed by atoms with van der Waals surface area (Å²) < 4.78 is 6.72. The summed E-state index contributed by atoms with van der Waals surface area (Å²) in [4.78, 5) is 23.5. The smallest absolute Gasteiger partial charge is 0.408 e. The van der Waals surface area contributed by atoms with Gasteiger partial charge in [0.1, 0.15) is 0 Å². The first-order valence-electron chi connectivity index (χ1n) is 6.54. The SMILES string of the molecule is C[C@H](Cn1c(=O)oc2ccccc21)NC(=O)C1CC1. The molecule has 1 aliphatic carbocycles. The molecule has 0 bridgehead atoms. The number of hydrogen-bond donors (Lipinski definition) is 1. The lowest BCUT2D eigenvalue weighted by atomic mass is 10.2. The quantitative estimate of drug-likeness (QED) is 0.906. The highest BCUT2D eigenvalue weighted by Gasteiger charge is 2.30. The number of para-hydroxylation sites is 2. The van der Waals surface area contributed by atoms with Gasteiger partial charge in [0.2, 0.25) is 5.91 Å². The summed E-state index contributed by atoms with van der Waals surface area (Å²) >= 11 is 0. The van der Waals surface area contributed by atoms with E-state index in [1.807, 2.05) is 25.1 Å². The molecule has 1 atom stereocenters. The van der Waals surface area contributed by atoms with E-state index in [4.69, 9.17) is 4.42 Å². The van der Waals surface area contributed by atoms with Gasteiger partial charge in [-0.05, 0) is 31.9 Å². The van der Waals surface area contributed by atoms with Crippen LogP contribution < -0.4 is 11.1 Å². The van der Waals surface area contributed by atoms with Gasteiger partial charge in [0.15, 0.2) is 5.58 Å². The zero-order valence-electron chi connectivity index (χ0n) is 10.8. The Kier molecular flexibility index (Phi) is 2.89. The number of rotatable bonds is 4. The van der Waals surface area contributed by atoms with Crippen LogP contribution in [0.5, 0.6) is 0 Å². The monoisotopic (exact) mass is 260 g/mol. The Morgan fingerprint density at radius 3 is 2.95 bits per heavy atom. The zero-order valence-corrected chi connectivity index (χ0v) is 10.8. The maximum absolute atomic E-state index is 11.8. The molecule has 1 fully saturated rings. The van der Waals surface area contributed by atoms with Crippen LogP contribution in [0.2, 0.25) is 0 Å². The Morgan fingerprint density at radius 2 is 2.21 bits per heavy atom. The van der Waals surface area contributed by atoms with Crippen LogP contribution in [0.25, 0.3) is 11.1 Å². The average Bonchev–Trinajstić information content (AvgIpc) is 3.17. The lowest BCUT2D eigenvalue weighted by Crippen LogP contribution is -2.38. The fourth-order valence-electron chi connectivity index (χ4n) is 2.21. The summed E-state index contributed by atoms with van der Waals surface area (Å²) in [5.74, 6) is -0.109. The Labute approximate surface area is 110 Å². The van der Waals surface area contributed by atoms with Crippen molar-refractivity contribution >= 4 is 17.0 Å². The third-order valence-electron chi connectivity index (χ3n) is 3.37. The first-order chi connectivity index (χ1) is 9.15. The van der Waals surface area contributed by atoms with E-state index in [9.17, 15) is 9.59 Å². The lowest BCUT2D eigenvalue weighted by Gasteiger charge is -2.13. The standard InChI is InChI=1S/C14H16N2O3/c1-9(15-13(17)10-6-7-10)8-16-11-4-2-3-5-12(11)19-14(16)18/h2-5,9-10H,6-8H2,1H3,(H,15,17)/t9-/m1/s1. The number of benzene rings is 1. The highest BCUT2D eigenvalue weighted by molar-refractivity contribution is 5.81. The minimum absolute atomic E-state index is 0.0909. The van der Waals surface area contributed by atoms with Gasteiger partial charge in [0.25, 0.3) is 0 Å². The second-order valence-electron chi connectivity index (χ2n) is 5.13. The molecule has 2 aromatic rings. The average molecular weight is 260 g/mol. The van der Waals surface area contributed by atoms with E-state index in [1.54, 1.807) is 10.6 Å². The van der Waals surface area contributed by atoms with Crippen LogP contribution in [0, 0.1) is 5.92 Å². The summed E-state index contributed by atoms with van der Waals surface area (Å²) in [7, 11) is 0. The number of nitrogens with zero attached hydrogens (tertiary/aromatic N) is 1. The molecule has 5 nitrogen and oxygen atoms in total. The largest absolute Gasteiger partial charge is 0.420 e. The van der Waals surface area contributed by atoms with Crippen molar-refractivity contribution in [2.45, 2.75) is 32.4 Å². The number of hydrogen-bond acceptors (Lipinski definition) is 3. The van der Waals surface area contributed by atoms with Crippen LogP contribution in [-0.4, -0.2) is 16.5 Å². The number of aromatic nitrogens is 1. The lowest BCUT2D eigenvalue weighted by molar-refractivity contribution is -0.122. The molecule has 1 N–H and O–H groups in total. The molecular formula is C14H16N2O3. The van der Waals surface area contributed by atoms with Gasteiger partial charge < -0.3 is 9.73 Å². The predicted octanol–water partition coefficient (Wildman–Crippen LogP) is 1.51. The molecule has 1 saturated carbocycles. The fourth-order valence-corrected chi connectivity index (χ4v) is 2.21. The maximum Gasteiger partial charge on any atom is 0.420 e. The molecule has 1 aromatic carbocycles. The van der Waals surface area contributed by atoms with E-state index < -0.39 is 0 Å². The Balaban J connectivity index is 1.78. The predicted molar refractivity (Wildman–Crippen MR) is 70.8 cm³/mol. The topological polar surface area (TPSA) is 64.2 Å². The molecule has 1 aromatic heterocycles. The van der Waals surface area contributed by atoms with E-state index in [1.165, 1.54) is 0 Å². The van der Waals surface area contributed by atoms with Gasteiger partial charge in [-0.15, -0.1) is 0 Å². The molecule has 100 valence electrons. The molecule has 19 heavy (non-hydrogen) atoms. The first-order valence-corrected chi connectivity index (χ1v) is 6.54. The van der Waals surface area contributed by atoms with E-state index in [0.717, 1.165) is 18.4 Å². The van der Waals surface area contributed by atoms with Crippen LogP contribution in [0.4, 0.5) is 0 Å². The van der Waals surface area contributed by atoms with Crippen molar-refractivity contribution in [3.63, 3.8) is 0 Å². The third kappa shape index (κ3) is 2.41. The van der Waals surface area contributed by atoms with Crippen molar-refractivity contribution in [3.8, 4) is 0 Å². The molecule has 1 aliphatic rings. The number of carbonyl (C=O) groups is 1. The van der Waals surface area contributed by atoms with E-state index in [0.29, 0.717) is 12.1 Å². The van der Waals surface area contributed by atoms with Crippen LogP contribution >= 0.6 is 0 Å². The summed E-state index contributed by atoms with van der Waals surface area (Å²) in [5, 5.41) is 2.93. The van der Waals surface area contributed by atoms with E-state index >= 15 is 0 Å². The van der Waals surface area contributed by atoms with Crippen LogP contribution in [0.15, 0.2) is 33.5 Å². The van der Waals surface area contributed by atoms with Gasteiger partial charge in [-0.25, -0.2) is 4.79 Å². The van der Waals surface area contributed by atoms with Gasteiger partial charge in [-0.3, -0.25) is 9.36 Å². The van der Waals surface area contributed by atoms with Crippen molar-refractivity contribution < 1.29 is 9.21 Å². The fraction of sp³-hybridized carbons (Fsp3) is 0.429. The minimum atomic E-state index is -0.381. The Hall–Kier alpha value is -2.04. The van der Waals surface area contributed by atoms with E-state index in [-0.39, 0.29) is 23.6 Å². The van der Waals surface area contributed by atoms with E-state index in [2.05, 4.69) is 5.32 Å². The third-order valence-corrected chi connectivity index (χ3v) is 3.37. The van der Waals surface area contributed by atoms with Crippen LogP contribution in [0.3, 0.4) is 0 Å². The molecule has 0 saturated heterocycles. The molecule has 0 spiro atoms. The van der Waals surface area contributed by atoms with Gasteiger partial charge in [0.05, 0.1) is 5.52 Å². The number of oxazole rings is 1. The summed E-state index contributed by atoms with van der Waals surface area (Å²) in [5.41, 5.74) is 1.34. The second kappa shape index (κ2) is 4.57. The molecule has 3 rings (SSSR count). The Bertz CT molecular complexity index is 667. The highest BCUT2D eigenvalue weighted by Crippen LogP contribution is 2.28. The van der Waals surface area contributed by atoms with Crippen LogP contribution in [0.1, 0.15) is 19.8 Å². The van der Waals surface area contributed by atoms with Crippen molar-refractivity contribution in [1.82, 2.24) is 9.88 Å². The summed E-state index contributed by atoms with van der Waals surface area (Å²) in [6, 6.07) is 7.21. The zero-order chi connectivity index (χ0) is 13.4. The molecule has 1 amide bonds. The van der Waals surface area contributed by atoms with Gasteiger partial charge >= 0.3 is 5.76 Å². The minimum Gasteiger partial charge on any atom is -0.408 e. The molecule has 0 radical (unpaired) electrons. The Morgan fingerprint density at radius 1 is 1.47 bits per heavy atom. The van der Waals surface area contributed by atoms with Gasteiger partial charge in [0, 0.05) is 18.5 Å². The first kappa shape index (κ1) is 12.0. The second-order valence-corrected chi connectivity index (χ2v) is 5.13. The number of amides is 1. The molecule has 5 heteroatoms. The van der Waals surface area contributed by atoms with Crippen molar-refractivity contribution in [3.05, 3.63) is 34.8 Å². The summed E-state index contributed by atoms with van der Waals surface area (Å²) in [6.07, 6.45) is 1.96. The number of nitrogens with one attached hydrogen (secondary N) is 1. The van der Waals surface area contributed by atoms with Crippen molar-refractivity contribution in [2.75, 3.05) is 0 Å². The molecule has 0 unspecified atom stereocenters. The molecule has 1 heterocycles. The maximum atomic E-state index is 11.8. The van der Waals surface area contributed by atoms with Gasteiger partial charge in [-0.2, -0.15) is 0 Å². The highest BCUT2D eigenvalue weighted by atomic mass is 16.4. The number of carbonyl (C=O) groups excluding carboxylic acids is 1. The van der Waals surface area contributed by atoms with Crippen molar-refractivity contribution in [2.24, 2.45) is 5.92 Å². The molecule has 0 aliphatic heterocycles.